The average Bonchev–Trinajstić information content (AvgIpc) is 3.44. The van der Waals surface area contributed by atoms with E-state index in [1.54, 1.807) is 36.7 Å². The first-order valence-electron chi connectivity index (χ1n) is 11.6. The monoisotopic (exact) mass is 498 g/mol. The molecule has 0 bridgehead atoms. The summed E-state index contributed by atoms with van der Waals surface area (Å²) in [5.41, 5.74) is 2.94. The van der Waals surface area contributed by atoms with Crippen LogP contribution in [0.15, 0.2) is 55.0 Å². The standard InChI is InChI=1S/C26H23FN8O2/c1-14(2)22(26(37)34-11-16(8-28)12-34)33-25(36)19-9-29-24-23(19)32-20(10-30-24)21-13-35(15(3)31-21)18-6-4-5-17(27)7-18/h4-7,9-10,13,16,22H,1,11-12H2,2-3H3,(H,29,30)(H,33,36)/t22-/m1/s1. The average molecular weight is 499 g/mol. The summed E-state index contributed by atoms with van der Waals surface area (Å²) >= 11 is 0. The Kier molecular flexibility index (Phi) is 6.01. The van der Waals surface area contributed by atoms with Crippen molar-refractivity contribution in [1.82, 2.24) is 34.7 Å². The zero-order valence-electron chi connectivity index (χ0n) is 20.2. The second-order valence-corrected chi connectivity index (χ2v) is 9.00. The molecule has 37 heavy (non-hydrogen) atoms. The molecule has 5 rings (SSSR count). The van der Waals surface area contributed by atoms with Gasteiger partial charge in [0, 0.05) is 31.2 Å². The number of hydrogen-bond acceptors (Lipinski definition) is 6. The van der Waals surface area contributed by atoms with Crippen LogP contribution in [0.4, 0.5) is 4.39 Å². The number of H-pyrrole nitrogens is 1. The van der Waals surface area contributed by atoms with Crippen molar-refractivity contribution in [3.63, 3.8) is 0 Å². The summed E-state index contributed by atoms with van der Waals surface area (Å²) in [4.78, 5) is 44.1. The number of amides is 2. The van der Waals surface area contributed by atoms with Gasteiger partial charge in [0.15, 0.2) is 5.65 Å². The minimum absolute atomic E-state index is 0.194. The number of rotatable bonds is 6. The smallest absolute Gasteiger partial charge is 0.256 e. The van der Waals surface area contributed by atoms with Gasteiger partial charge in [-0.3, -0.25) is 9.59 Å². The number of fused-ring (bicyclic) bond motifs is 1. The van der Waals surface area contributed by atoms with E-state index in [0.717, 1.165) is 0 Å². The first-order valence-corrected chi connectivity index (χ1v) is 11.6. The van der Waals surface area contributed by atoms with Crippen molar-refractivity contribution in [2.24, 2.45) is 5.92 Å². The number of aromatic nitrogens is 5. The molecule has 11 heteroatoms. The number of nitrogens with zero attached hydrogens (tertiary/aromatic N) is 6. The molecular weight excluding hydrogens is 475 g/mol. The van der Waals surface area contributed by atoms with Crippen LogP contribution in [-0.2, 0) is 4.79 Å². The Morgan fingerprint density at radius 1 is 1.30 bits per heavy atom. The molecule has 4 heterocycles. The molecule has 1 saturated heterocycles. The summed E-state index contributed by atoms with van der Waals surface area (Å²) in [5, 5.41) is 11.7. The normalized spacial score (nSPS) is 14.2. The maximum atomic E-state index is 13.7. The second kappa shape index (κ2) is 9.31. The van der Waals surface area contributed by atoms with Gasteiger partial charge in [0.25, 0.3) is 5.91 Å². The van der Waals surface area contributed by atoms with Gasteiger partial charge in [-0.15, -0.1) is 0 Å². The SMILES string of the molecule is C=C(C)[C@@H](NC(=O)c1c[nH]c2ncc(-c3cn(-c4cccc(F)c4)c(C)n3)nc12)C(=O)N1CC(C#N)C1. The molecule has 0 radical (unpaired) electrons. The molecule has 2 amide bonds. The van der Waals surface area contributed by atoms with E-state index in [1.807, 2.05) is 0 Å². The van der Waals surface area contributed by atoms with Crippen molar-refractivity contribution in [2.75, 3.05) is 13.1 Å². The Labute approximate surface area is 211 Å². The van der Waals surface area contributed by atoms with Gasteiger partial charge >= 0.3 is 0 Å². The van der Waals surface area contributed by atoms with Crippen LogP contribution >= 0.6 is 0 Å². The molecule has 1 atom stereocenters. The van der Waals surface area contributed by atoms with E-state index < -0.39 is 11.9 Å². The van der Waals surface area contributed by atoms with Crippen molar-refractivity contribution in [1.29, 1.82) is 5.26 Å². The number of likely N-dealkylation sites (tertiary alicyclic amines) is 1. The molecule has 1 aliphatic heterocycles. The van der Waals surface area contributed by atoms with E-state index in [1.165, 1.54) is 29.4 Å². The van der Waals surface area contributed by atoms with Crippen LogP contribution in [0.25, 0.3) is 28.2 Å². The van der Waals surface area contributed by atoms with Crippen molar-refractivity contribution in [3.05, 3.63) is 72.2 Å². The van der Waals surface area contributed by atoms with E-state index in [-0.39, 0.29) is 23.2 Å². The van der Waals surface area contributed by atoms with Crippen molar-refractivity contribution in [2.45, 2.75) is 19.9 Å². The number of benzene rings is 1. The number of hydrogen-bond donors (Lipinski definition) is 2. The highest BCUT2D eigenvalue weighted by atomic mass is 19.1. The van der Waals surface area contributed by atoms with Crippen molar-refractivity contribution in [3.8, 4) is 23.1 Å². The number of carbonyl (C=O) groups excluding carboxylic acids is 2. The lowest BCUT2D eigenvalue weighted by molar-refractivity contribution is -0.137. The molecule has 0 saturated carbocycles. The fourth-order valence-corrected chi connectivity index (χ4v) is 4.20. The minimum Gasteiger partial charge on any atom is -0.344 e. The Bertz CT molecular complexity index is 1590. The van der Waals surface area contributed by atoms with Gasteiger partial charge in [0.05, 0.1) is 23.7 Å². The van der Waals surface area contributed by atoms with E-state index in [4.69, 9.17) is 5.26 Å². The van der Waals surface area contributed by atoms with Crippen LogP contribution in [0.2, 0.25) is 0 Å². The minimum atomic E-state index is -0.933. The summed E-state index contributed by atoms with van der Waals surface area (Å²) in [6.45, 7) is 7.97. The van der Waals surface area contributed by atoms with Gasteiger partial charge in [-0.1, -0.05) is 12.6 Å². The molecule has 1 aliphatic rings. The number of carbonyl (C=O) groups is 2. The molecule has 10 nitrogen and oxygen atoms in total. The molecule has 0 unspecified atom stereocenters. The molecule has 4 aromatic rings. The highest BCUT2D eigenvalue weighted by molar-refractivity contribution is 6.06. The fraction of sp³-hybridized carbons (Fsp3) is 0.231. The maximum Gasteiger partial charge on any atom is 0.256 e. The summed E-state index contributed by atoms with van der Waals surface area (Å²) in [5.74, 6) is -0.750. The molecule has 186 valence electrons. The van der Waals surface area contributed by atoms with Gasteiger partial charge in [-0.05, 0) is 37.6 Å². The Balaban J connectivity index is 1.42. The van der Waals surface area contributed by atoms with Crippen molar-refractivity contribution < 1.29 is 14.0 Å². The van der Waals surface area contributed by atoms with Gasteiger partial charge in [0.2, 0.25) is 5.91 Å². The third kappa shape index (κ3) is 4.45. The third-order valence-corrected chi connectivity index (χ3v) is 6.25. The number of aromatic amines is 1. The molecule has 1 fully saturated rings. The third-order valence-electron chi connectivity index (χ3n) is 6.25. The van der Waals surface area contributed by atoms with Crippen LogP contribution in [0.3, 0.4) is 0 Å². The predicted molar refractivity (Wildman–Crippen MR) is 133 cm³/mol. The van der Waals surface area contributed by atoms with E-state index >= 15 is 0 Å². The number of imidazole rings is 1. The Morgan fingerprint density at radius 2 is 2.08 bits per heavy atom. The van der Waals surface area contributed by atoms with Crippen molar-refractivity contribution >= 4 is 23.0 Å². The lowest BCUT2D eigenvalue weighted by Gasteiger charge is -2.37. The first kappa shape index (κ1) is 23.9. The Hall–Kier alpha value is -4.85. The first-order chi connectivity index (χ1) is 17.7. The number of nitrogens with one attached hydrogen (secondary N) is 2. The molecule has 1 aromatic carbocycles. The Morgan fingerprint density at radius 3 is 2.78 bits per heavy atom. The number of nitriles is 1. The largest absolute Gasteiger partial charge is 0.344 e. The number of halogens is 1. The van der Waals surface area contributed by atoms with Crippen LogP contribution < -0.4 is 5.32 Å². The molecular formula is C26H23FN8O2. The highest BCUT2D eigenvalue weighted by Gasteiger charge is 2.35. The maximum absolute atomic E-state index is 13.7. The summed E-state index contributed by atoms with van der Waals surface area (Å²) in [7, 11) is 0. The number of aryl methyl sites for hydroxylation is 1. The zero-order chi connectivity index (χ0) is 26.3. The molecule has 0 aliphatic carbocycles. The molecule has 2 N–H and O–H groups in total. The lowest BCUT2D eigenvalue weighted by Crippen LogP contribution is -2.57. The van der Waals surface area contributed by atoms with Crippen LogP contribution in [-0.4, -0.2) is 60.3 Å². The predicted octanol–water partition coefficient (Wildman–Crippen LogP) is 2.91. The molecule has 0 spiro atoms. The van der Waals surface area contributed by atoms with Gasteiger partial charge in [-0.2, -0.15) is 5.26 Å². The van der Waals surface area contributed by atoms with E-state index in [0.29, 0.717) is 52.7 Å². The van der Waals surface area contributed by atoms with Gasteiger partial charge < -0.3 is 19.8 Å². The van der Waals surface area contributed by atoms with Gasteiger partial charge in [0.1, 0.15) is 34.6 Å². The van der Waals surface area contributed by atoms with E-state index in [9.17, 15) is 14.0 Å². The second-order valence-electron chi connectivity index (χ2n) is 9.00. The van der Waals surface area contributed by atoms with Crippen LogP contribution in [0.1, 0.15) is 23.1 Å². The highest BCUT2D eigenvalue weighted by Crippen LogP contribution is 2.24. The van der Waals surface area contributed by atoms with Crippen LogP contribution in [0.5, 0.6) is 0 Å². The molecule has 3 aromatic heterocycles. The summed E-state index contributed by atoms with van der Waals surface area (Å²) in [6, 6.07) is 7.35. The fourth-order valence-electron chi connectivity index (χ4n) is 4.20. The van der Waals surface area contributed by atoms with Gasteiger partial charge in [-0.25, -0.2) is 19.3 Å². The lowest BCUT2D eigenvalue weighted by atomic mass is 9.99. The topological polar surface area (TPSA) is 133 Å². The quantitative estimate of drug-likeness (QED) is 0.393. The zero-order valence-corrected chi connectivity index (χ0v) is 20.2. The summed E-state index contributed by atoms with van der Waals surface area (Å²) < 4.78 is 15.5. The van der Waals surface area contributed by atoms with Crippen LogP contribution in [0, 0.1) is 30.0 Å². The summed E-state index contributed by atoms with van der Waals surface area (Å²) in [6.07, 6.45) is 4.74. The van der Waals surface area contributed by atoms with E-state index in [2.05, 4.69) is 37.9 Å².